The van der Waals surface area contributed by atoms with Crippen LogP contribution < -0.4 is 0 Å². The number of ketones is 2. The second-order valence-corrected chi connectivity index (χ2v) is 6.19. The highest BCUT2D eigenvalue weighted by Crippen LogP contribution is 2.36. The molecule has 142 valence electrons. The van der Waals surface area contributed by atoms with Gasteiger partial charge in [0.1, 0.15) is 23.4 Å². The second-order valence-electron chi connectivity index (χ2n) is 5.76. The lowest BCUT2D eigenvalue weighted by molar-refractivity contribution is -0.157. The van der Waals surface area contributed by atoms with Crippen molar-refractivity contribution >= 4 is 35.1 Å². The van der Waals surface area contributed by atoms with Crippen molar-refractivity contribution in [3.05, 3.63) is 34.9 Å². The van der Waals surface area contributed by atoms with Crippen molar-refractivity contribution in [2.75, 3.05) is 13.2 Å². The van der Waals surface area contributed by atoms with E-state index in [1.807, 2.05) is 0 Å². The number of hydrogen-bond donors (Lipinski definition) is 0. The van der Waals surface area contributed by atoms with Gasteiger partial charge in [0.25, 0.3) is 0 Å². The standard InChI is InChI=1S/C19H23ClO6/c1-5-25-18(23)15(11(3)21)17(13-7-9-14(20)10-8-13)16(12(4)22)19(24)26-6-2/h7-10,15-17H,5-6H2,1-4H3/t15-,16-/m1/s1. The van der Waals surface area contributed by atoms with E-state index in [-0.39, 0.29) is 13.2 Å². The molecule has 6 nitrogen and oxygen atoms in total. The normalized spacial score (nSPS) is 13.0. The van der Waals surface area contributed by atoms with Crippen LogP contribution in [0.4, 0.5) is 0 Å². The molecular weight excluding hydrogens is 360 g/mol. The zero-order valence-electron chi connectivity index (χ0n) is 15.3. The van der Waals surface area contributed by atoms with Gasteiger partial charge in [-0.25, -0.2) is 0 Å². The lowest BCUT2D eigenvalue weighted by atomic mass is 9.73. The number of carbonyl (C=O) groups is 4. The Hall–Kier alpha value is -2.21. The summed E-state index contributed by atoms with van der Waals surface area (Å²) < 4.78 is 10.0. The number of benzene rings is 1. The average molecular weight is 383 g/mol. The third-order valence-corrected chi connectivity index (χ3v) is 4.18. The molecule has 1 aromatic rings. The number of halogens is 1. The molecule has 0 aromatic heterocycles. The Labute approximate surface area is 157 Å². The van der Waals surface area contributed by atoms with Crippen molar-refractivity contribution in [2.45, 2.75) is 33.6 Å². The van der Waals surface area contributed by atoms with Gasteiger partial charge in [0.05, 0.1) is 13.2 Å². The molecule has 1 rings (SSSR count). The minimum Gasteiger partial charge on any atom is -0.465 e. The molecule has 0 spiro atoms. The first-order valence-corrected chi connectivity index (χ1v) is 8.71. The van der Waals surface area contributed by atoms with Gasteiger partial charge < -0.3 is 9.47 Å². The highest BCUT2D eigenvalue weighted by Gasteiger charge is 2.45. The number of carbonyl (C=O) groups excluding carboxylic acids is 4. The maximum atomic E-state index is 12.4. The van der Waals surface area contributed by atoms with Crippen LogP contribution >= 0.6 is 11.6 Å². The van der Waals surface area contributed by atoms with E-state index >= 15 is 0 Å². The van der Waals surface area contributed by atoms with Crippen LogP contribution in [0.3, 0.4) is 0 Å². The molecule has 0 radical (unpaired) electrons. The van der Waals surface area contributed by atoms with Crippen molar-refractivity contribution in [1.82, 2.24) is 0 Å². The van der Waals surface area contributed by atoms with Gasteiger partial charge in [-0.05, 0) is 45.4 Å². The van der Waals surface area contributed by atoms with Crippen LogP contribution in [0.25, 0.3) is 0 Å². The molecule has 0 bridgehead atoms. The molecule has 0 aliphatic heterocycles. The van der Waals surface area contributed by atoms with E-state index < -0.39 is 41.3 Å². The fourth-order valence-electron chi connectivity index (χ4n) is 2.86. The molecular formula is C19H23ClO6. The Kier molecular flexibility index (Phi) is 8.45. The summed E-state index contributed by atoms with van der Waals surface area (Å²) in [5.74, 6) is -6.23. The molecule has 0 amide bonds. The third kappa shape index (κ3) is 5.39. The smallest absolute Gasteiger partial charge is 0.317 e. The Morgan fingerprint density at radius 2 is 1.23 bits per heavy atom. The monoisotopic (exact) mass is 382 g/mol. The Balaban J connectivity index is 3.55. The van der Waals surface area contributed by atoms with Crippen molar-refractivity contribution in [2.24, 2.45) is 11.8 Å². The molecule has 2 atom stereocenters. The van der Waals surface area contributed by atoms with Gasteiger partial charge in [0, 0.05) is 10.9 Å². The summed E-state index contributed by atoms with van der Waals surface area (Å²) in [5.41, 5.74) is 0.455. The van der Waals surface area contributed by atoms with Gasteiger partial charge in [-0.2, -0.15) is 0 Å². The molecule has 0 unspecified atom stereocenters. The van der Waals surface area contributed by atoms with Crippen molar-refractivity contribution in [3.63, 3.8) is 0 Å². The summed E-state index contributed by atoms with van der Waals surface area (Å²) in [6.07, 6.45) is 0. The summed E-state index contributed by atoms with van der Waals surface area (Å²) >= 11 is 5.91. The summed E-state index contributed by atoms with van der Waals surface area (Å²) in [5, 5.41) is 0.443. The van der Waals surface area contributed by atoms with Crippen LogP contribution in [0.5, 0.6) is 0 Å². The van der Waals surface area contributed by atoms with E-state index in [4.69, 9.17) is 21.1 Å². The van der Waals surface area contributed by atoms with Crippen LogP contribution in [0.1, 0.15) is 39.2 Å². The van der Waals surface area contributed by atoms with Crippen LogP contribution in [-0.4, -0.2) is 36.7 Å². The maximum Gasteiger partial charge on any atom is 0.317 e. The van der Waals surface area contributed by atoms with Crippen molar-refractivity contribution in [1.29, 1.82) is 0 Å². The molecule has 0 N–H and O–H groups in total. The SMILES string of the molecule is CCOC(=O)[C@H](C(C)=O)C(c1ccc(Cl)cc1)[C@@H](C(C)=O)C(=O)OCC. The summed E-state index contributed by atoms with van der Waals surface area (Å²) in [4.78, 5) is 49.4. The quantitative estimate of drug-likeness (QED) is 0.482. The van der Waals surface area contributed by atoms with E-state index in [1.54, 1.807) is 38.1 Å². The van der Waals surface area contributed by atoms with Crippen LogP contribution in [0.2, 0.25) is 5.02 Å². The first-order valence-electron chi connectivity index (χ1n) is 8.34. The molecule has 1 aromatic carbocycles. The van der Waals surface area contributed by atoms with Gasteiger partial charge in [-0.1, -0.05) is 23.7 Å². The molecule has 0 fully saturated rings. The largest absolute Gasteiger partial charge is 0.465 e. The molecule has 7 heteroatoms. The van der Waals surface area contributed by atoms with Gasteiger partial charge >= 0.3 is 11.9 Å². The molecule has 0 aliphatic rings. The zero-order chi connectivity index (χ0) is 19.9. The highest BCUT2D eigenvalue weighted by atomic mass is 35.5. The third-order valence-electron chi connectivity index (χ3n) is 3.93. The summed E-state index contributed by atoms with van der Waals surface area (Å²) in [7, 11) is 0. The molecule has 26 heavy (non-hydrogen) atoms. The van der Waals surface area contributed by atoms with Crippen molar-refractivity contribution < 1.29 is 28.7 Å². The van der Waals surface area contributed by atoms with Crippen molar-refractivity contribution in [3.8, 4) is 0 Å². The topological polar surface area (TPSA) is 86.7 Å². The van der Waals surface area contributed by atoms with Gasteiger partial charge in [0.2, 0.25) is 0 Å². The minimum atomic E-state index is -1.31. The second kappa shape index (κ2) is 10.1. The Morgan fingerprint density at radius 3 is 1.54 bits per heavy atom. The van der Waals surface area contributed by atoms with E-state index in [9.17, 15) is 19.2 Å². The molecule has 0 saturated heterocycles. The summed E-state index contributed by atoms with van der Waals surface area (Å²) in [6, 6.07) is 6.29. The fraction of sp³-hybridized carbons (Fsp3) is 0.474. The number of Topliss-reactive ketones (excluding diaryl/α,β-unsaturated/α-hetero) is 2. The lowest BCUT2D eigenvalue weighted by Crippen LogP contribution is -2.40. The fourth-order valence-corrected chi connectivity index (χ4v) is 2.98. The van der Waals surface area contributed by atoms with Crippen LogP contribution in [-0.2, 0) is 28.7 Å². The number of ether oxygens (including phenoxy) is 2. The van der Waals surface area contributed by atoms with E-state index in [1.165, 1.54) is 13.8 Å². The summed E-state index contributed by atoms with van der Waals surface area (Å²) in [6.45, 7) is 5.82. The molecule has 0 heterocycles. The Morgan fingerprint density at radius 1 is 0.846 bits per heavy atom. The van der Waals surface area contributed by atoms with Gasteiger partial charge in [-0.15, -0.1) is 0 Å². The number of rotatable bonds is 9. The zero-order valence-corrected chi connectivity index (χ0v) is 16.0. The van der Waals surface area contributed by atoms with Gasteiger partial charge in [0.15, 0.2) is 0 Å². The number of hydrogen-bond acceptors (Lipinski definition) is 6. The van der Waals surface area contributed by atoms with Crippen LogP contribution in [0.15, 0.2) is 24.3 Å². The van der Waals surface area contributed by atoms with Crippen LogP contribution in [0, 0.1) is 11.8 Å². The van der Waals surface area contributed by atoms with E-state index in [0.717, 1.165) is 0 Å². The first kappa shape index (κ1) is 21.8. The number of esters is 2. The highest BCUT2D eigenvalue weighted by molar-refractivity contribution is 6.30. The Bertz CT molecular complexity index is 631. The predicted molar refractivity (Wildman–Crippen MR) is 95.8 cm³/mol. The van der Waals surface area contributed by atoms with E-state index in [2.05, 4.69) is 0 Å². The molecule has 0 saturated carbocycles. The predicted octanol–water partition coefficient (Wildman–Crippen LogP) is 2.96. The minimum absolute atomic E-state index is 0.0695. The average Bonchev–Trinajstić information content (AvgIpc) is 2.55. The van der Waals surface area contributed by atoms with Gasteiger partial charge in [-0.3, -0.25) is 19.2 Å². The van der Waals surface area contributed by atoms with E-state index in [0.29, 0.717) is 10.6 Å². The molecule has 0 aliphatic carbocycles. The maximum absolute atomic E-state index is 12.4. The first-order chi connectivity index (χ1) is 12.2. The lowest BCUT2D eigenvalue weighted by Gasteiger charge is -2.29.